The molecule has 0 amide bonds. The Balaban J connectivity index is 2.02. The fourth-order valence-electron chi connectivity index (χ4n) is 4.11. The zero-order chi connectivity index (χ0) is 18.9. The van der Waals surface area contributed by atoms with Crippen molar-refractivity contribution in [2.24, 2.45) is 0 Å². The van der Waals surface area contributed by atoms with E-state index in [1.807, 2.05) is 9.80 Å². The monoisotopic (exact) mass is 370 g/mol. The molecule has 2 fully saturated rings. The first-order chi connectivity index (χ1) is 12.4. The number of hydrogen-bond donors (Lipinski definition) is 3. The maximum atomic E-state index is 11.2. The summed E-state index contributed by atoms with van der Waals surface area (Å²) in [5.41, 5.74) is 0. The van der Waals surface area contributed by atoms with Crippen LogP contribution >= 0.6 is 0 Å². The third kappa shape index (κ3) is 7.99. The largest absolute Gasteiger partial charge is 0.480 e. The summed E-state index contributed by atoms with van der Waals surface area (Å²) in [6.07, 6.45) is 5.08. The number of rotatable bonds is 4. The van der Waals surface area contributed by atoms with E-state index in [1.165, 1.54) is 0 Å². The quantitative estimate of drug-likeness (QED) is 0.636. The van der Waals surface area contributed by atoms with Crippen molar-refractivity contribution >= 4 is 11.9 Å². The molecule has 2 rings (SSSR count). The highest BCUT2D eigenvalue weighted by atomic mass is 16.4. The lowest BCUT2D eigenvalue weighted by Gasteiger charge is -2.37. The van der Waals surface area contributed by atoms with Gasteiger partial charge in [0.1, 0.15) is 0 Å². The minimum absolute atomic E-state index is 0.0811. The summed E-state index contributed by atoms with van der Waals surface area (Å²) in [6.45, 7) is 5.09. The normalized spacial score (nSPS) is 28.3. The van der Waals surface area contributed by atoms with E-state index in [4.69, 9.17) is 0 Å². The van der Waals surface area contributed by atoms with Crippen LogP contribution in [0.25, 0.3) is 0 Å². The molecule has 0 aromatic heterocycles. The number of carboxylic acids is 2. The molecule has 2 bridgehead atoms. The number of carboxylic acid groups (broad SMARTS) is 2. The Morgan fingerprint density at radius 3 is 1.73 bits per heavy atom. The lowest BCUT2D eigenvalue weighted by Crippen LogP contribution is -2.53. The second-order valence-electron chi connectivity index (χ2n) is 7.76. The zero-order valence-corrected chi connectivity index (χ0v) is 15.9. The topological polar surface area (TPSA) is 96.4 Å². The Bertz CT molecular complexity index is 424. The number of aliphatic carboxylic acids is 2. The average molecular weight is 370 g/mol. The van der Waals surface area contributed by atoms with Crippen LogP contribution in [-0.4, -0.2) is 108 Å². The molecule has 2 unspecified atom stereocenters. The smallest absolute Gasteiger partial charge is 0.317 e. The minimum Gasteiger partial charge on any atom is -0.480 e. The molecule has 0 spiro atoms. The lowest BCUT2D eigenvalue weighted by molar-refractivity contribution is -0.139. The SMILES string of the molecule is CN1CCCN(CC(=O)O)CC2CCCC(CN(CC(=O)O)CCC1)N2. The van der Waals surface area contributed by atoms with E-state index in [-0.39, 0.29) is 25.2 Å². The molecule has 3 N–H and O–H groups in total. The molecule has 150 valence electrons. The highest BCUT2D eigenvalue weighted by Crippen LogP contribution is 2.16. The van der Waals surface area contributed by atoms with Crippen molar-refractivity contribution in [3.63, 3.8) is 0 Å². The molecule has 2 aliphatic rings. The summed E-state index contributed by atoms with van der Waals surface area (Å²) in [4.78, 5) is 28.7. The van der Waals surface area contributed by atoms with Crippen molar-refractivity contribution < 1.29 is 19.8 Å². The maximum Gasteiger partial charge on any atom is 0.317 e. The zero-order valence-electron chi connectivity index (χ0n) is 15.9. The van der Waals surface area contributed by atoms with Crippen LogP contribution in [0, 0.1) is 0 Å². The summed E-state index contributed by atoms with van der Waals surface area (Å²) in [6, 6.07) is 0.556. The highest BCUT2D eigenvalue weighted by Gasteiger charge is 2.26. The van der Waals surface area contributed by atoms with Crippen molar-refractivity contribution in [2.45, 2.75) is 44.2 Å². The van der Waals surface area contributed by atoms with E-state index in [0.29, 0.717) is 0 Å². The predicted octanol–water partition coefficient (Wildman–Crippen LogP) is -0.00410. The molecule has 2 heterocycles. The molecule has 8 heteroatoms. The van der Waals surface area contributed by atoms with Gasteiger partial charge in [0.2, 0.25) is 0 Å². The highest BCUT2D eigenvalue weighted by molar-refractivity contribution is 5.69. The molecule has 0 aliphatic carbocycles. The summed E-state index contributed by atoms with van der Waals surface area (Å²) < 4.78 is 0. The second-order valence-corrected chi connectivity index (χ2v) is 7.76. The van der Waals surface area contributed by atoms with Crippen LogP contribution in [0.3, 0.4) is 0 Å². The third-order valence-corrected chi connectivity index (χ3v) is 5.28. The van der Waals surface area contributed by atoms with E-state index in [0.717, 1.165) is 71.4 Å². The van der Waals surface area contributed by atoms with Gasteiger partial charge in [-0.15, -0.1) is 0 Å². The van der Waals surface area contributed by atoms with Gasteiger partial charge in [-0.05, 0) is 45.8 Å². The van der Waals surface area contributed by atoms with Gasteiger partial charge in [0, 0.05) is 38.3 Å². The van der Waals surface area contributed by atoms with Gasteiger partial charge in [-0.25, -0.2) is 0 Å². The summed E-state index contributed by atoms with van der Waals surface area (Å²) in [5.74, 6) is -1.56. The Morgan fingerprint density at radius 2 is 1.31 bits per heavy atom. The van der Waals surface area contributed by atoms with Gasteiger partial charge < -0.3 is 20.4 Å². The van der Waals surface area contributed by atoms with Crippen LogP contribution in [0.15, 0.2) is 0 Å². The summed E-state index contributed by atoms with van der Waals surface area (Å²) >= 11 is 0. The molecular weight excluding hydrogens is 336 g/mol. The van der Waals surface area contributed by atoms with Crippen molar-refractivity contribution in [1.82, 2.24) is 20.0 Å². The number of nitrogens with zero attached hydrogens (tertiary/aromatic N) is 3. The Hall–Kier alpha value is -1.22. The van der Waals surface area contributed by atoms with Gasteiger partial charge in [0.05, 0.1) is 13.1 Å². The molecule has 0 radical (unpaired) electrons. The summed E-state index contributed by atoms with van der Waals surface area (Å²) in [7, 11) is 2.07. The molecule has 0 aromatic carbocycles. The number of carbonyl (C=O) groups is 2. The molecule has 2 atom stereocenters. The Kier molecular flexibility index (Phi) is 8.77. The van der Waals surface area contributed by atoms with Gasteiger partial charge in [0.15, 0.2) is 0 Å². The third-order valence-electron chi connectivity index (χ3n) is 5.28. The van der Waals surface area contributed by atoms with Gasteiger partial charge in [-0.2, -0.15) is 0 Å². The standard InChI is InChI=1S/C18H34N4O4/c1-20-7-3-9-21(13-17(23)24)11-15-5-2-6-16(19-15)12-22(10-4-8-20)14-18(25)26/h15-16,19H,2-14H2,1H3,(H,23,24)(H,25,26). The fraction of sp³-hybridized carbons (Fsp3) is 0.889. The second kappa shape index (κ2) is 10.8. The van der Waals surface area contributed by atoms with E-state index >= 15 is 0 Å². The number of piperidine rings is 1. The average Bonchev–Trinajstić information content (AvgIpc) is 2.53. The van der Waals surface area contributed by atoms with Crippen molar-refractivity contribution in [3.05, 3.63) is 0 Å². The van der Waals surface area contributed by atoms with Crippen LogP contribution < -0.4 is 5.32 Å². The Morgan fingerprint density at radius 1 is 0.846 bits per heavy atom. The first-order valence-electron chi connectivity index (χ1n) is 9.75. The van der Waals surface area contributed by atoms with Crippen LogP contribution in [0.2, 0.25) is 0 Å². The van der Waals surface area contributed by atoms with Gasteiger partial charge in [-0.1, -0.05) is 6.42 Å². The molecule has 2 saturated heterocycles. The molecule has 0 aromatic rings. The molecule has 0 saturated carbocycles. The first kappa shape index (κ1) is 21.1. The van der Waals surface area contributed by atoms with Crippen LogP contribution in [0.1, 0.15) is 32.1 Å². The first-order valence-corrected chi connectivity index (χ1v) is 9.75. The molecule has 2 aliphatic heterocycles. The van der Waals surface area contributed by atoms with Crippen molar-refractivity contribution in [3.8, 4) is 0 Å². The Labute approximate surface area is 156 Å². The van der Waals surface area contributed by atoms with Gasteiger partial charge in [0.25, 0.3) is 0 Å². The summed E-state index contributed by atoms with van der Waals surface area (Å²) in [5, 5.41) is 22.0. The predicted molar refractivity (Wildman–Crippen MR) is 99.4 cm³/mol. The number of nitrogens with one attached hydrogen (secondary N) is 1. The number of hydrogen-bond acceptors (Lipinski definition) is 6. The van der Waals surface area contributed by atoms with Crippen LogP contribution in [0.4, 0.5) is 0 Å². The van der Waals surface area contributed by atoms with E-state index in [9.17, 15) is 19.8 Å². The van der Waals surface area contributed by atoms with Gasteiger partial charge >= 0.3 is 11.9 Å². The van der Waals surface area contributed by atoms with E-state index in [2.05, 4.69) is 17.3 Å². The maximum absolute atomic E-state index is 11.2. The minimum atomic E-state index is -0.778. The van der Waals surface area contributed by atoms with E-state index in [1.54, 1.807) is 0 Å². The lowest BCUT2D eigenvalue weighted by atomic mass is 9.97. The number of fused-ring (bicyclic) bond motifs is 2. The molecule has 8 nitrogen and oxygen atoms in total. The van der Waals surface area contributed by atoms with Crippen molar-refractivity contribution in [1.29, 1.82) is 0 Å². The molecular formula is C18H34N4O4. The van der Waals surface area contributed by atoms with Crippen molar-refractivity contribution in [2.75, 3.05) is 59.4 Å². The van der Waals surface area contributed by atoms with E-state index < -0.39 is 11.9 Å². The van der Waals surface area contributed by atoms with Crippen LogP contribution in [0.5, 0.6) is 0 Å². The van der Waals surface area contributed by atoms with Gasteiger partial charge in [-0.3, -0.25) is 19.4 Å². The molecule has 26 heavy (non-hydrogen) atoms. The fourth-order valence-corrected chi connectivity index (χ4v) is 4.11. The van der Waals surface area contributed by atoms with Crippen LogP contribution in [-0.2, 0) is 9.59 Å².